The summed E-state index contributed by atoms with van der Waals surface area (Å²) in [4.78, 5) is 35.6. The number of carbonyl (C=O) groups excluding carboxylic acids is 3. The van der Waals surface area contributed by atoms with Gasteiger partial charge in [0.1, 0.15) is 6.54 Å². The molecule has 1 amide bonds. The molecular formula is C17H20N2O5. The molecule has 0 saturated heterocycles. The third-order valence-electron chi connectivity index (χ3n) is 3.52. The van der Waals surface area contributed by atoms with Crippen molar-refractivity contribution in [2.24, 2.45) is 0 Å². The van der Waals surface area contributed by atoms with Crippen molar-refractivity contribution in [1.29, 1.82) is 0 Å². The zero-order chi connectivity index (χ0) is 17.7. The van der Waals surface area contributed by atoms with Crippen LogP contribution >= 0.6 is 0 Å². The van der Waals surface area contributed by atoms with Crippen molar-refractivity contribution in [2.45, 2.75) is 26.5 Å². The zero-order valence-corrected chi connectivity index (χ0v) is 13.9. The van der Waals surface area contributed by atoms with Gasteiger partial charge in [0.25, 0.3) is 5.91 Å². The number of benzene rings is 1. The Morgan fingerprint density at radius 2 is 1.96 bits per heavy atom. The fraction of sp³-hybridized carbons (Fsp3) is 0.353. The van der Waals surface area contributed by atoms with E-state index in [2.05, 4.69) is 5.32 Å². The van der Waals surface area contributed by atoms with E-state index < -0.39 is 18.0 Å². The molecule has 7 nitrogen and oxygen atoms in total. The van der Waals surface area contributed by atoms with Crippen LogP contribution in [-0.2, 0) is 25.6 Å². The average Bonchev–Trinajstić information content (AvgIpc) is 2.93. The van der Waals surface area contributed by atoms with Gasteiger partial charge in [-0.15, -0.1) is 0 Å². The average molecular weight is 332 g/mol. The molecule has 0 saturated carbocycles. The van der Waals surface area contributed by atoms with Crippen molar-refractivity contribution in [2.75, 3.05) is 13.7 Å². The minimum absolute atomic E-state index is 0.110. The van der Waals surface area contributed by atoms with Crippen molar-refractivity contribution in [3.8, 4) is 0 Å². The van der Waals surface area contributed by atoms with Crippen LogP contribution in [0.1, 0.15) is 24.2 Å². The number of esters is 2. The monoisotopic (exact) mass is 332 g/mol. The largest absolute Gasteiger partial charge is 0.465 e. The van der Waals surface area contributed by atoms with Gasteiger partial charge in [0.05, 0.1) is 12.7 Å². The highest BCUT2D eigenvalue weighted by Gasteiger charge is 2.20. The molecule has 2 aromatic rings. The molecule has 7 heteroatoms. The summed E-state index contributed by atoms with van der Waals surface area (Å²) in [5.41, 5.74) is 1.08. The molecule has 0 fully saturated rings. The fourth-order valence-electron chi connectivity index (χ4n) is 2.40. The van der Waals surface area contributed by atoms with Crippen molar-refractivity contribution >= 4 is 28.7 Å². The van der Waals surface area contributed by atoms with Crippen molar-refractivity contribution in [3.63, 3.8) is 0 Å². The smallest absolute Gasteiger partial charge is 0.340 e. The lowest BCUT2D eigenvalue weighted by atomic mass is 10.2. The standard InChI is InChI=1S/C17H20N2O5/c1-4-18-16(21)11(2)24-15(20)10-19-9-13(17(22)23-3)12-7-5-6-8-14(12)19/h5-9,11H,4,10H2,1-3H3,(H,18,21)/t11-/m0/s1. The molecule has 1 aromatic carbocycles. The first-order valence-electron chi connectivity index (χ1n) is 7.61. The number of aromatic nitrogens is 1. The number of nitrogens with zero attached hydrogens (tertiary/aromatic N) is 1. The molecule has 0 aliphatic heterocycles. The lowest BCUT2D eigenvalue weighted by Gasteiger charge is -2.13. The van der Waals surface area contributed by atoms with Crippen LogP contribution < -0.4 is 5.32 Å². The van der Waals surface area contributed by atoms with Gasteiger partial charge in [0.2, 0.25) is 0 Å². The fourth-order valence-corrected chi connectivity index (χ4v) is 2.40. The lowest BCUT2D eigenvalue weighted by Crippen LogP contribution is -2.36. The molecule has 0 aliphatic rings. The number of fused-ring (bicyclic) bond motifs is 1. The van der Waals surface area contributed by atoms with Crippen LogP contribution in [0.25, 0.3) is 10.9 Å². The Morgan fingerprint density at radius 1 is 1.25 bits per heavy atom. The van der Waals surface area contributed by atoms with Crippen molar-refractivity contribution in [3.05, 3.63) is 36.0 Å². The SMILES string of the molecule is CCNC(=O)[C@H](C)OC(=O)Cn1cc(C(=O)OC)c2ccccc21. The molecule has 1 N–H and O–H groups in total. The number of hydrogen-bond donors (Lipinski definition) is 1. The highest BCUT2D eigenvalue weighted by Crippen LogP contribution is 2.22. The maximum atomic E-state index is 12.1. The highest BCUT2D eigenvalue weighted by atomic mass is 16.5. The van der Waals surface area contributed by atoms with Crippen LogP contribution in [0, 0.1) is 0 Å². The van der Waals surface area contributed by atoms with Gasteiger partial charge >= 0.3 is 11.9 Å². The molecule has 1 atom stereocenters. The van der Waals surface area contributed by atoms with Gasteiger partial charge < -0.3 is 19.4 Å². The number of rotatable bonds is 6. The third-order valence-corrected chi connectivity index (χ3v) is 3.52. The van der Waals surface area contributed by atoms with E-state index in [9.17, 15) is 14.4 Å². The van der Waals surface area contributed by atoms with Gasteiger partial charge in [-0.25, -0.2) is 4.79 Å². The quantitative estimate of drug-likeness (QED) is 0.810. The minimum Gasteiger partial charge on any atom is -0.465 e. The number of para-hydroxylation sites is 1. The minimum atomic E-state index is -0.876. The Bertz CT molecular complexity index is 765. The molecule has 0 radical (unpaired) electrons. The van der Waals surface area contributed by atoms with E-state index in [1.54, 1.807) is 35.9 Å². The first-order valence-corrected chi connectivity index (χ1v) is 7.61. The van der Waals surface area contributed by atoms with Crippen molar-refractivity contribution < 1.29 is 23.9 Å². The van der Waals surface area contributed by atoms with Crippen LogP contribution in [0.4, 0.5) is 0 Å². The topological polar surface area (TPSA) is 86.6 Å². The molecule has 24 heavy (non-hydrogen) atoms. The van der Waals surface area contributed by atoms with E-state index in [4.69, 9.17) is 9.47 Å². The Kier molecular flexibility index (Phi) is 5.57. The lowest BCUT2D eigenvalue weighted by molar-refractivity contribution is -0.155. The molecule has 0 bridgehead atoms. The second-order valence-corrected chi connectivity index (χ2v) is 5.21. The number of methoxy groups -OCH3 is 1. The van der Waals surface area contributed by atoms with Gasteiger partial charge in [0, 0.05) is 23.6 Å². The van der Waals surface area contributed by atoms with E-state index in [0.717, 1.165) is 0 Å². The Morgan fingerprint density at radius 3 is 2.62 bits per heavy atom. The van der Waals surface area contributed by atoms with Gasteiger partial charge in [0.15, 0.2) is 6.10 Å². The van der Waals surface area contributed by atoms with Gasteiger partial charge in [-0.2, -0.15) is 0 Å². The summed E-state index contributed by atoms with van der Waals surface area (Å²) in [5, 5.41) is 3.28. The normalized spacial score (nSPS) is 11.8. The Labute approximate surface area is 139 Å². The summed E-state index contributed by atoms with van der Waals surface area (Å²) in [6.45, 7) is 3.65. The molecule has 0 unspecified atom stereocenters. The molecule has 2 rings (SSSR count). The number of nitrogens with one attached hydrogen (secondary N) is 1. The maximum Gasteiger partial charge on any atom is 0.340 e. The summed E-state index contributed by atoms with van der Waals surface area (Å²) >= 11 is 0. The molecular weight excluding hydrogens is 312 g/mol. The van der Waals surface area contributed by atoms with Gasteiger partial charge in [-0.3, -0.25) is 9.59 Å². The summed E-state index contributed by atoms with van der Waals surface area (Å²) in [6.07, 6.45) is 0.675. The van der Waals surface area contributed by atoms with Crippen LogP contribution in [-0.4, -0.2) is 42.2 Å². The van der Waals surface area contributed by atoms with E-state index in [0.29, 0.717) is 23.0 Å². The number of ether oxygens (including phenoxy) is 2. The zero-order valence-electron chi connectivity index (χ0n) is 13.9. The molecule has 0 aliphatic carbocycles. The second kappa shape index (κ2) is 7.63. The highest BCUT2D eigenvalue weighted by molar-refractivity contribution is 6.04. The second-order valence-electron chi connectivity index (χ2n) is 5.21. The summed E-state index contributed by atoms with van der Waals surface area (Å²) < 4.78 is 11.5. The van der Waals surface area contributed by atoms with Crippen LogP contribution in [0.3, 0.4) is 0 Å². The Balaban J connectivity index is 2.19. The molecule has 1 aromatic heterocycles. The molecule has 128 valence electrons. The summed E-state index contributed by atoms with van der Waals surface area (Å²) in [5.74, 6) is -1.39. The predicted octanol–water partition coefficient (Wildman–Crippen LogP) is 1.50. The van der Waals surface area contributed by atoms with Crippen molar-refractivity contribution in [1.82, 2.24) is 9.88 Å². The molecule has 0 spiro atoms. The third kappa shape index (κ3) is 3.73. The molecule has 1 heterocycles. The Hall–Kier alpha value is -2.83. The first-order chi connectivity index (χ1) is 11.5. The number of amides is 1. The number of hydrogen-bond acceptors (Lipinski definition) is 5. The summed E-state index contributed by atoms with van der Waals surface area (Å²) in [7, 11) is 1.30. The van der Waals surface area contributed by atoms with Gasteiger partial charge in [-0.1, -0.05) is 18.2 Å². The van der Waals surface area contributed by atoms with Crippen LogP contribution in [0.15, 0.2) is 30.5 Å². The van der Waals surface area contributed by atoms with E-state index in [1.165, 1.54) is 14.0 Å². The van der Waals surface area contributed by atoms with Crippen LogP contribution in [0.5, 0.6) is 0 Å². The maximum absolute atomic E-state index is 12.1. The first kappa shape index (κ1) is 17.5. The van der Waals surface area contributed by atoms with Crippen LogP contribution in [0.2, 0.25) is 0 Å². The van der Waals surface area contributed by atoms with E-state index >= 15 is 0 Å². The van der Waals surface area contributed by atoms with Gasteiger partial charge in [-0.05, 0) is 19.9 Å². The summed E-state index contributed by atoms with van der Waals surface area (Å²) in [6, 6.07) is 7.18. The van der Waals surface area contributed by atoms with E-state index in [1.807, 2.05) is 6.07 Å². The van der Waals surface area contributed by atoms with E-state index in [-0.39, 0.29) is 12.5 Å². The number of likely N-dealkylation sites (N-methyl/N-ethyl adjacent to an activating group) is 1. The predicted molar refractivity (Wildman–Crippen MR) is 87.5 cm³/mol. The number of carbonyl (C=O) groups is 3.